The second kappa shape index (κ2) is 6.76. The third-order valence-corrected chi connectivity index (χ3v) is 5.27. The molecule has 0 radical (unpaired) electrons. The summed E-state index contributed by atoms with van der Waals surface area (Å²) in [4.78, 5) is 0. The van der Waals surface area contributed by atoms with Crippen LogP contribution in [0.4, 0.5) is 5.69 Å². The minimum atomic E-state index is -2.78. The standard InChI is InChI=1S/C12H21NO3Si/c1-4-14-17(15-5-2,16-6-3)12-9-7-8-11(13)10-12/h7-10H,4-6,13H2,1-3H3. The number of hydrogen-bond acceptors (Lipinski definition) is 4. The van der Waals surface area contributed by atoms with E-state index in [0.717, 1.165) is 5.19 Å². The van der Waals surface area contributed by atoms with Crippen molar-refractivity contribution in [3.63, 3.8) is 0 Å². The molecule has 0 aliphatic heterocycles. The molecule has 1 aromatic carbocycles. The van der Waals surface area contributed by atoms with Crippen LogP contribution in [0.15, 0.2) is 24.3 Å². The van der Waals surface area contributed by atoms with Crippen LogP contribution in [-0.2, 0) is 13.3 Å². The SMILES string of the molecule is CCO[Si](OCC)(OCC)c1cccc(N)c1. The number of anilines is 1. The summed E-state index contributed by atoms with van der Waals surface area (Å²) in [6.07, 6.45) is 0. The van der Waals surface area contributed by atoms with Gasteiger partial charge in [-0.2, -0.15) is 0 Å². The van der Waals surface area contributed by atoms with Crippen LogP contribution in [0.25, 0.3) is 0 Å². The van der Waals surface area contributed by atoms with Crippen LogP contribution in [-0.4, -0.2) is 28.6 Å². The highest BCUT2D eigenvalue weighted by molar-refractivity contribution is 6.75. The van der Waals surface area contributed by atoms with E-state index in [2.05, 4.69) is 0 Å². The minimum absolute atomic E-state index is 0.557. The van der Waals surface area contributed by atoms with Gasteiger partial charge in [0, 0.05) is 30.7 Å². The first kappa shape index (κ1) is 14.2. The first-order chi connectivity index (χ1) is 8.18. The van der Waals surface area contributed by atoms with Crippen molar-refractivity contribution < 1.29 is 13.3 Å². The normalized spacial score (nSPS) is 11.7. The summed E-state index contributed by atoms with van der Waals surface area (Å²) in [7, 11) is -2.78. The lowest BCUT2D eigenvalue weighted by atomic mass is 10.3. The monoisotopic (exact) mass is 255 g/mol. The molecule has 5 heteroatoms. The van der Waals surface area contributed by atoms with Crippen molar-refractivity contribution in [1.82, 2.24) is 0 Å². The van der Waals surface area contributed by atoms with Crippen LogP contribution >= 0.6 is 0 Å². The first-order valence-electron chi connectivity index (χ1n) is 5.96. The lowest BCUT2D eigenvalue weighted by Gasteiger charge is -2.28. The number of benzene rings is 1. The molecule has 17 heavy (non-hydrogen) atoms. The van der Waals surface area contributed by atoms with Crippen molar-refractivity contribution in [3.05, 3.63) is 24.3 Å². The third-order valence-electron chi connectivity index (χ3n) is 2.24. The zero-order chi connectivity index (χ0) is 12.7. The van der Waals surface area contributed by atoms with E-state index in [4.69, 9.17) is 19.0 Å². The van der Waals surface area contributed by atoms with Gasteiger partial charge in [-0.25, -0.2) is 0 Å². The number of nitrogens with two attached hydrogens (primary N) is 1. The van der Waals surface area contributed by atoms with Gasteiger partial charge < -0.3 is 19.0 Å². The Morgan fingerprint density at radius 2 is 1.53 bits per heavy atom. The Balaban J connectivity index is 3.09. The third kappa shape index (κ3) is 3.54. The second-order valence-electron chi connectivity index (χ2n) is 3.48. The molecule has 0 atom stereocenters. The van der Waals surface area contributed by atoms with Crippen molar-refractivity contribution in [1.29, 1.82) is 0 Å². The van der Waals surface area contributed by atoms with E-state index in [1.165, 1.54) is 0 Å². The minimum Gasteiger partial charge on any atom is -0.399 e. The van der Waals surface area contributed by atoms with E-state index >= 15 is 0 Å². The van der Waals surface area contributed by atoms with Crippen molar-refractivity contribution >= 4 is 19.7 Å². The lowest BCUT2D eigenvalue weighted by Crippen LogP contribution is -2.56. The molecule has 0 bridgehead atoms. The van der Waals surface area contributed by atoms with Crippen LogP contribution in [0.2, 0.25) is 0 Å². The lowest BCUT2D eigenvalue weighted by molar-refractivity contribution is 0.0859. The molecule has 0 fully saturated rings. The molecule has 0 saturated carbocycles. The second-order valence-corrected chi connectivity index (χ2v) is 6.04. The molecule has 4 nitrogen and oxygen atoms in total. The van der Waals surface area contributed by atoms with Crippen LogP contribution in [0.1, 0.15) is 20.8 Å². The average Bonchev–Trinajstić information content (AvgIpc) is 2.30. The van der Waals surface area contributed by atoms with E-state index < -0.39 is 8.80 Å². The summed E-state index contributed by atoms with van der Waals surface area (Å²) in [6, 6.07) is 7.55. The Labute approximate surface area is 104 Å². The van der Waals surface area contributed by atoms with Gasteiger partial charge in [0.15, 0.2) is 0 Å². The Bertz CT molecular complexity index is 329. The maximum atomic E-state index is 5.80. The van der Waals surface area contributed by atoms with E-state index in [-0.39, 0.29) is 0 Å². The summed E-state index contributed by atoms with van der Waals surface area (Å²) in [5.41, 5.74) is 6.49. The van der Waals surface area contributed by atoms with Gasteiger partial charge in [-0.05, 0) is 32.9 Å². The quantitative estimate of drug-likeness (QED) is 0.593. The van der Waals surface area contributed by atoms with Crippen LogP contribution in [0.5, 0.6) is 0 Å². The summed E-state index contributed by atoms with van der Waals surface area (Å²) < 4.78 is 17.4. The van der Waals surface area contributed by atoms with Crippen molar-refractivity contribution in [2.45, 2.75) is 20.8 Å². The van der Waals surface area contributed by atoms with E-state index in [1.807, 2.05) is 45.0 Å². The van der Waals surface area contributed by atoms with Gasteiger partial charge in [-0.3, -0.25) is 0 Å². The zero-order valence-corrected chi connectivity index (χ0v) is 11.7. The Morgan fingerprint density at radius 1 is 1.00 bits per heavy atom. The highest BCUT2D eigenvalue weighted by atomic mass is 28.4. The van der Waals surface area contributed by atoms with E-state index in [0.29, 0.717) is 25.5 Å². The maximum Gasteiger partial charge on any atom is 0.537 e. The molecule has 0 aliphatic carbocycles. The predicted molar refractivity (Wildman–Crippen MR) is 71.1 cm³/mol. The molecule has 96 valence electrons. The Morgan fingerprint density at radius 3 is 1.94 bits per heavy atom. The molecule has 0 amide bonds. The molecule has 0 heterocycles. The highest BCUT2D eigenvalue weighted by Crippen LogP contribution is 2.12. The number of nitrogen functional groups attached to an aromatic ring is 1. The van der Waals surface area contributed by atoms with Gasteiger partial charge >= 0.3 is 8.80 Å². The fourth-order valence-electron chi connectivity index (χ4n) is 1.67. The fraction of sp³-hybridized carbons (Fsp3) is 0.500. The number of hydrogen-bond donors (Lipinski definition) is 1. The summed E-state index contributed by atoms with van der Waals surface area (Å²) in [5.74, 6) is 0. The van der Waals surface area contributed by atoms with Gasteiger partial charge in [0.2, 0.25) is 0 Å². The van der Waals surface area contributed by atoms with Crippen molar-refractivity contribution in [2.24, 2.45) is 0 Å². The molecule has 1 rings (SSSR count). The molecule has 0 aromatic heterocycles. The molecule has 2 N–H and O–H groups in total. The summed E-state index contributed by atoms with van der Waals surface area (Å²) >= 11 is 0. The molecule has 1 aromatic rings. The Hall–Kier alpha value is -0.883. The topological polar surface area (TPSA) is 53.7 Å². The fourth-order valence-corrected chi connectivity index (χ4v) is 4.21. The van der Waals surface area contributed by atoms with Crippen LogP contribution in [0.3, 0.4) is 0 Å². The Kier molecular flexibility index (Phi) is 5.63. The predicted octanol–water partition coefficient (Wildman–Crippen LogP) is 1.52. The van der Waals surface area contributed by atoms with E-state index in [9.17, 15) is 0 Å². The maximum absolute atomic E-state index is 5.80. The zero-order valence-electron chi connectivity index (χ0n) is 10.7. The van der Waals surface area contributed by atoms with Crippen LogP contribution < -0.4 is 10.9 Å². The van der Waals surface area contributed by atoms with Crippen molar-refractivity contribution in [2.75, 3.05) is 25.6 Å². The molecule has 0 aliphatic rings. The van der Waals surface area contributed by atoms with Gasteiger partial charge in [0.25, 0.3) is 0 Å². The molecule has 0 saturated heterocycles. The molecular formula is C12H21NO3Si. The van der Waals surface area contributed by atoms with Gasteiger partial charge in [0.1, 0.15) is 0 Å². The van der Waals surface area contributed by atoms with Gasteiger partial charge in [0.05, 0.1) is 0 Å². The smallest absolute Gasteiger partial charge is 0.399 e. The molecule has 0 spiro atoms. The molecule has 0 unspecified atom stereocenters. The van der Waals surface area contributed by atoms with Crippen molar-refractivity contribution in [3.8, 4) is 0 Å². The number of rotatable bonds is 7. The largest absolute Gasteiger partial charge is 0.537 e. The average molecular weight is 255 g/mol. The van der Waals surface area contributed by atoms with Crippen LogP contribution in [0, 0.1) is 0 Å². The highest BCUT2D eigenvalue weighted by Gasteiger charge is 2.43. The van der Waals surface area contributed by atoms with E-state index in [1.54, 1.807) is 0 Å². The first-order valence-corrected chi connectivity index (χ1v) is 7.68. The summed E-state index contributed by atoms with van der Waals surface area (Å²) in [5, 5.41) is 0.919. The van der Waals surface area contributed by atoms with Gasteiger partial charge in [-0.15, -0.1) is 0 Å². The summed E-state index contributed by atoms with van der Waals surface area (Å²) in [6.45, 7) is 7.48. The molecular weight excluding hydrogens is 234 g/mol. The van der Waals surface area contributed by atoms with Gasteiger partial charge in [-0.1, -0.05) is 12.1 Å².